The molecule has 7 rings (SSSR count). The molecule has 0 saturated heterocycles. The third kappa shape index (κ3) is 4.96. The lowest BCUT2D eigenvalue weighted by Crippen LogP contribution is -2.21. The minimum Gasteiger partial charge on any atom is -0.383 e. The maximum Gasteiger partial charge on any atom is 0.0868 e. The number of anilines is 1. The molecule has 0 aromatic heterocycles. The van der Waals surface area contributed by atoms with Gasteiger partial charge in [-0.2, -0.15) is 0 Å². The normalized spacial score (nSPS) is 16.6. The van der Waals surface area contributed by atoms with Crippen molar-refractivity contribution in [3.8, 4) is 11.1 Å². The number of rotatable bonds is 0. The van der Waals surface area contributed by atoms with E-state index in [1.165, 1.54) is 16.2 Å². The van der Waals surface area contributed by atoms with Crippen LogP contribution in [0.4, 0.5) is 11.4 Å². The van der Waals surface area contributed by atoms with E-state index < -0.39 is 0 Å². The van der Waals surface area contributed by atoms with Crippen molar-refractivity contribution in [2.75, 3.05) is 18.4 Å². The maximum atomic E-state index is 5.35. The lowest BCUT2D eigenvalue weighted by molar-refractivity contribution is 0.750. The summed E-state index contributed by atoms with van der Waals surface area (Å²) in [6.45, 7) is 1.51. The highest BCUT2D eigenvalue weighted by atomic mass is 14.9. The monoisotopic (exact) mass is 530 g/mol. The van der Waals surface area contributed by atoms with Crippen LogP contribution in [0.25, 0.3) is 32.7 Å². The molecule has 3 aliphatic rings. The Balaban J connectivity index is 1.57. The second kappa shape index (κ2) is 11.1. The van der Waals surface area contributed by atoms with Crippen LogP contribution in [0.3, 0.4) is 0 Å². The van der Waals surface area contributed by atoms with Crippen molar-refractivity contribution in [2.45, 2.75) is 6.42 Å². The Morgan fingerprint density at radius 3 is 2.07 bits per heavy atom. The van der Waals surface area contributed by atoms with Crippen LogP contribution in [0.1, 0.15) is 6.42 Å². The minimum absolute atomic E-state index is 0.715. The van der Waals surface area contributed by atoms with Gasteiger partial charge in [0.25, 0.3) is 0 Å². The third-order valence-corrected chi connectivity index (χ3v) is 7.56. The van der Waals surface area contributed by atoms with Gasteiger partial charge in [0, 0.05) is 29.9 Å². The fourth-order valence-electron chi connectivity index (χ4n) is 5.60. The Kier molecular flexibility index (Phi) is 6.72. The Bertz CT molecular complexity index is 1910. The van der Waals surface area contributed by atoms with Crippen LogP contribution >= 0.6 is 0 Å². The summed E-state index contributed by atoms with van der Waals surface area (Å²) in [7, 11) is 0. The predicted octanol–water partition coefficient (Wildman–Crippen LogP) is 8.60. The molecule has 1 aliphatic heterocycles. The highest BCUT2D eigenvalue weighted by molar-refractivity contribution is 6.17. The zero-order valence-corrected chi connectivity index (χ0v) is 22.7. The number of benzene rings is 4. The molecular weight excluding hydrogens is 500 g/mol. The number of nitrogens with one attached hydrogen (secondary N) is 2. The van der Waals surface area contributed by atoms with Gasteiger partial charge in [-0.1, -0.05) is 97.1 Å². The van der Waals surface area contributed by atoms with E-state index in [2.05, 4.69) is 132 Å². The number of fused-ring (bicyclic) bond motifs is 9. The molecule has 4 heteroatoms. The first-order valence-electron chi connectivity index (χ1n) is 14.1. The van der Waals surface area contributed by atoms with Crippen LogP contribution in [-0.2, 0) is 0 Å². The molecule has 0 saturated carbocycles. The van der Waals surface area contributed by atoms with Crippen molar-refractivity contribution in [3.05, 3.63) is 145 Å². The largest absolute Gasteiger partial charge is 0.383 e. The molecule has 0 amide bonds. The van der Waals surface area contributed by atoms with E-state index in [9.17, 15) is 0 Å². The third-order valence-electron chi connectivity index (χ3n) is 7.56. The lowest BCUT2D eigenvalue weighted by Gasteiger charge is -2.20. The van der Waals surface area contributed by atoms with Crippen LogP contribution in [-0.4, -0.2) is 24.5 Å². The summed E-state index contributed by atoms with van der Waals surface area (Å²) in [5, 5.41) is 12.1. The average Bonchev–Trinajstić information content (AvgIpc) is 3.37. The molecule has 4 nitrogen and oxygen atoms in total. The zero-order chi connectivity index (χ0) is 27.4. The molecule has 2 aliphatic carbocycles. The second-order valence-corrected chi connectivity index (χ2v) is 10.2. The van der Waals surface area contributed by atoms with E-state index in [0.29, 0.717) is 6.54 Å². The summed E-state index contributed by atoms with van der Waals surface area (Å²) in [5.41, 5.74) is 8.01. The lowest BCUT2D eigenvalue weighted by atomic mass is 9.90. The summed E-state index contributed by atoms with van der Waals surface area (Å²) in [6.07, 6.45) is 21.6. The van der Waals surface area contributed by atoms with Gasteiger partial charge in [0.05, 0.1) is 28.5 Å². The minimum atomic E-state index is 0.715. The Morgan fingerprint density at radius 1 is 0.585 bits per heavy atom. The zero-order valence-electron chi connectivity index (χ0n) is 22.7. The van der Waals surface area contributed by atoms with Crippen molar-refractivity contribution >= 4 is 44.3 Å². The van der Waals surface area contributed by atoms with Crippen molar-refractivity contribution in [1.82, 2.24) is 5.32 Å². The summed E-state index contributed by atoms with van der Waals surface area (Å²) < 4.78 is 0. The van der Waals surface area contributed by atoms with Gasteiger partial charge >= 0.3 is 0 Å². The first-order chi connectivity index (χ1) is 20.3. The number of aliphatic imine (C=N–C) groups is 2. The molecular formula is C37H30N4. The average molecular weight is 531 g/mol. The van der Waals surface area contributed by atoms with E-state index >= 15 is 0 Å². The summed E-state index contributed by atoms with van der Waals surface area (Å²) in [6, 6.07) is 25.9. The van der Waals surface area contributed by atoms with Crippen molar-refractivity contribution < 1.29 is 0 Å². The van der Waals surface area contributed by atoms with E-state index in [4.69, 9.17) is 9.98 Å². The van der Waals surface area contributed by atoms with Crippen LogP contribution in [0, 0.1) is 0 Å². The van der Waals surface area contributed by atoms with Crippen LogP contribution in [0.15, 0.2) is 155 Å². The Hall–Kier alpha value is -5.22. The van der Waals surface area contributed by atoms with Gasteiger partial charge in [-0.3, -0.25) is 4.99 Å². The molecule has 1 heterocycles. The van der Waals surface area contributed by atoms with Crippen molar-refractivity contribution in [1.29, 1.82) is 0 Å². The van der Waals surface area contributed by atoms with Gasteiger partial charge in [-0.15, -0.1) is 0 Å². The second-order valence-electron chi connectivity index (χ2n) is 10.2. The topological polar surface area (TPSA) is 48.8 Å². The van der Waals surface area contributed by atoms with E-state index in [0.717, 1.165) is 63.7 Å². The van der Waals surface area contributed by atoms with E-state index in [1.54, 1.807) is 0 Å². The van der Waals surface area contributed by atoms with Gasteiger partial charge in [-0.25, -0.2) is 4.99 Å². The molecule has 0 atom stereocenters. The quantitative estimate of drug-likeness (QED) is 0.239. The highest BCUT2D eigenvalue weighted by Crippen LogP contribution is 2.45. The summed E-state index contributed by atoms with van der Waals surface area (Å²) in [5.74, 6) is 0. The Morgan fingerprint density at radius 2 is 1.27 bits per heavy atom. The number of hydrogen-bond acceptors (Lipinski definition) is 4. The summed E-state index contributed by atoms with van der Waals surface area (Å²) >= 11 is 0. The van der Waals surface area contributed by atoms with Gasteiger partial charge < -0.3 is 10.6 Å². The molecule has 2 N–H and O–H groups in total. The van der Waals surface area contributed by atoms with Gasteiger partial charge in [0.2, 0.25) is 0 Å². The number of allylic oxidation sites excluding steroid dienone is 10. The number of hydrogen-bond donors (Lipinski definition) is 2. The molecule has 4 aromatic carbocycles. The van der Waals surface area contributed by atoms with Crippen molar-refractivity contribution in [2.24, 2.45) is 9.98 Å². The molecule has 198 valence electrons. The van der Waals surface area contributed by atoms with Gasteiger partial charge in [0.1, 0.15) is 0 Å². The van der Waals surface area contributed by atoms with Crippen LogP contribution < -0.4 is 10.6 Å². The fraction of sp³-hybridized carbons (Fsp3) is 0.0811. The van der Waals surface area contributed by atoms with Crippen molar-refractivity contribution in [3.63, 3.8) is 0 Å². The smallest absolute Gasteiger partial charge is 0.0868 e. The predicted molar refractivity (Wildman–Crippen MR) is 175 cm³/mol. The summed E-state index contributed by atoms with van der Waals surface area (Å²) in [4.78, 5) is 10.4. The van der Waals surface area contributed by atoms with Gasteiger partial charge in [-0.05, 0) is 64.4 Å². The number of nitrogens with zero attached hydrogens (tertiary/aromatic N) is 2. The molecule has 0 spiro atoms. The highest BCUT2D eigenvalue weighted by Gasteiger charge is 2.19. The maximum absolute atomic E-state index is 5.35. The van der Waals surface area contributed by atoms with Crippen LogP contribution in [0.5, 0.6) is 0 Å². The van der Waals surface area contributed by atoms with E-state index in [1.807, 2.05) is 12.2 Å². The first kappa shape index (κ1) is 24.8. The molecule has 4 aromatic rings. The van der Waals surface area contributed by atoms with Crippen LogP contribution in [0.2, 0.25) is 0 Å². The molecule has 0 bridgehead atoms. The fourth-order valence-corrected chi connectivity index (χ4v) is 5.60. The van der Waals surface area contributed by atoms with E-state index in [-0.39, 0.29) is 0 Å². The van der Waals surface area contributed by atoms with Gasteiger partial charge in [0.15, 0.2) is 0 Å². The first-order valence-corrected chi connectivity index (χ1v) is 14.1. The Labute approximate surface area is 240 Å². The SMILES string of the molecule is C1=CC=C2NCCCN=C3C=CC=CC=C3Nc3ccc4ccccc4c3-c3c(ccc4ccccc34)N=C2C=C1. The molecule has 0 unspecified atom stereocenters. The molecule has 0 radical (unpaired) electrons. The molecule has 41 heavy (non-hydrogen) atoms. The molecule has 0 fully saturated rings. The standard InChI is InChI=1S/C37H30N4/c1-3-16-30-32(18-5-1)40-34-22-20-26-12-7-9-14-28(26)36(34)37-29-15-10-8-13-27(29)21-23-35(37)41-33-19-6-2-4-17-31(33)39-25-11-24-38-30/h1-10,12-23,38,41H,11,24-25H2.